The number of nitrogens with zero attached hydrogens (tertiary/aromatic N) is 3. The lowest BCUT2D eigenvalue weighted by atomic mass is 10.1. The molecule has 0 radical (unpaired) electrons. The molecule has 30 heavy (non-hydrogen) atoms. The Kier molecular flexibility index (Phi) is 5.45. The van der Waals surface area contributed by atoms with Gasteiger partial charge in [0.1, 0.15) is 5.82 Å². The number of aromatic nitrogens is 2. The van der Waals surface area contributed by atoms with E-state index in [1.165, 1.54) is 12.1 Å². The second-order valence-corrected chi connectivity index (χ2v) is 8.04. The fraction of sp³-hybridized carbons (Fsp3) is 0.0435. The van der Waals surface area contributed by atoms with Crippen LogP contribution in [0.5, 0.6) is 0 Å². The van der Waals surface area contributed by atoms with E-state index in [9.17, 15) is 14.9 Å². The van der Waals surface area contributed by atoms with E-state index in [2.05, 4.69) is 27.6 Å². The Morgan fingerprint density at radius 3 is 2.53 bits per heavy atom. The molecule has 0 aliphatic carbocycles. The van der Waals surface area contributed by atoms with Crippen LogP contribution in [0.1, 0.15) is 17.0 Å². The van der Waals surface area contributed by atoms with Gasteiger partial charge in [-0.3, -0.25) is 19.5 Å². The highest BCUT2D eigenvalue weighted by Gasteiger charge is 2.12. The zero-order valence-electron chi connectivity index (χ0n) is 15.9. The molecule has 0 bridgehead atoms. The van der Waals surface area contributed by atoms with Crippen molar-refractivity contribution < 1.29 is 4.92 Å². The molecule has 4 aromatic rings. The Labute approximate surface area is 185 Å². The normalized spacial score (nSPS) is 11.3. The molecule has 0 saturated heterocycles. The summed E-state index contributed by atoms with van der Waals surface area (Å²) >= 11 is 2.17. The van der Waals surface area contributed by atoms with E-state index in [-0.39, 0.29) is 11.2 Å². The molecule has 0 unspecified atom stereocenters. The van der Waals surface area contributed by atoms with Gasteiger partial charge in [-0.1, -0.05) is 35.9 Å². The summed E-state index contributed by atoms with van der Waals surface area (Å²) < 4.78 is 2.51. The molecular formula is C23H16IN3O3. The predicted molar refractivity (Wildman–Crippen MR) is 127 cm³/mol. The monoisotopic (exact) mass is 509 g/mol. The van der Waals surface area contributed by atoms with E-state index >= 15 is 0 Å². The van der Waals surface area contributed by atoms with Gasteiger partial charge >= 0.3 is 0 Å². The van der Waals surface area contributed by atoms with Crippen LogP contribution >= 0.6 is 22.6 Å². The zero-order valence-corrected chi connectivity index (χ0v) is 18.1. The minimum Gasteiger partial charge on any atom is -0.268 e. The van der Waals surface area contributed by atoms with Crippen LogP contribution in [0, 0.1) is 20.6 Å². The van der Waals surface area contributed by atoms with Crippen LogP contribution in [0.3, 0.4) is 0 Å². The maximum absolute atomic E-state index is 13.3. The number of benzene rings is 3. The van der Waals surface area contributed by atoms with Crippen molar-refractivity contribution in [2.24, 2.45) is 0 Å². The van der Waals surface area contributed by atoms with Crippen LogP contribution in [0.4, 0.5) is 5.69 Å². The summed E-state index contributed by atoms with van der Waals surface area (Å²) in [5.41, 5.74) is 2.88. The predicted octanol–water partition coefficient (Wildman–Crippen LogP) is 5.38. The molecule has 6 nitrogen and oxygen atoms in total. The minimum absolute atomic E-state index is 0.00845. The molecule has 0 aliphatic heterocycles. The van der Waals surface area contributed by atoms with Crippen molar-refractivity contribution in [1.82, 2.24) is 9.55 Å². The summed E-state index contributed by atoms with van der Waals surface area (Å²) in [6.45, 7) is 1.98. The first-order valence-electron chi connectivity index (χ1n) is 9.14. The van der Waals surface area contributed by atoms with Crippen molar-refractivity contribution in [3.63, 3.8) is 0 Å². The highest BCUT2D eigenvalue weighted by Crippen LogP contribution is 2.19. The van der Waals surface area contributed by atoms with E-state index in [4.69, 9.17) is 0 Å². The molecule has 0 N–H and O–H groups in total. The van der Waals surface area contributed by atoms with Crippen LogP contribution in [0.15, 0.2) is 71.5 Å². The molecule has 7 heteroatoms. The first kappa shape index (κ1) is 20.0. The topological polar surface area (TPSA) is 78.0 Å². The molecule has 0 amide bonds. The molecule has 0 atom stereocenters. The first-order valence-corrected chi connectivity index (χ1v) is 10.2. The van der Waals surface area contributed by atoms with Gasteiger partial charge in [0.15, 0.2) is 0 Å². The van der Waals surface area contributed by atoms with Gasteiger partial charge in [0.2, 0.25) is 0 Å². The smallest absolute Gasteiger partial charge is 0.268 e. The molecule has 0 aliphatic rings. The van der Waals surface area contributed by atoms with Crippen molar-refractivity contribution in [1.29, 1.82) is 0 Å². The van der Waals surface area contributed by atoms with E-state index in [0.717, 1.165) is 9.13 Å². The second kappa shape index (κ2) is 8.19. The summed E-state index contributed by atoms with van der Waals surface area (Å²) in [6.07, 6.45) is 3.43. The number of rotatable bonds is 4. The third kappa shape index (κ3) is 4.02. The second-order valence-electron chi connectivity index (χ2n) is 6.79. The van der Waals surface area contributed by atoms with Crippen molar-refractivity contribution >= 4 is 51.3 Å². The highest BCUT2D eigenvalue weighted by molar-refractivity contribution is 14.1. The zero-order chi connectivity index (χ0) is 21.3. The summed E-state index contributed by atoms with van der Waals surface area (Å²) in [4.78, 5) is 28.6. The van der Waals surface area contributed by atoms with Gasteiger partial charge in [-0.25, -0.2) is 4.98 Å². The van der Waals surface area contributed by atoms with Gasteiger partial charge in [0, 0.05) is 15.7 Å². The lowest BCUT2D eigenvalue weighted by Gasteiger charge is -2.12. The van der Waals surface area contributed by atoms with E-state index in [1.54, 1.807) is 28.9 Å². The molecule has 0 spiro atoms. The Morgan fingerprint density at radius 1 is 1.03 bits per heavy atom. The SMILES string of the molecule is Cc1ccc(-n2c(/C=C/c3cccc([N+](=O)[O-])c3)nc3ccc(I)cc3c2=O)cc1. The molecule has 3 aromatic carbocycles. The molecule has 0 fully saturated rings. The van der Waals surface area contributed by atoms with Crippen LogP contribution in [-0.4, -0.2) is 14.5 Å². The average Bonchev–Trinajstić information content (AvgIpc) is 2.74. The van der Waals surface area contributed by atoms with E-state index < -0.39 is 4.92 Å². The maximum Gasteiger partial charge on any atom is 0.270 e. The average molecular weight is 509 g/mol. The number of fused-ring (bicyclic) bond motifs is 1. The fourth-order valence-corrected chi connectivity index (χ4v) is 3.63. The number of nitro groups is 1. The van der Waals surface area contributed by atoms with Crippen LogP contribution in [-0.2, 0) is 0 Å². The van der Waals surface area contributed by atoms with Crippen LogP contribution < -0.4 is 5.56 Å². The van der Waals surface area contributed by atoms with Crippen molar-refractivity contribution in [3.05, 3.63) is 108 Å². The third-order valence-corrected chi connectivity index (χ3v) is 5.33. The maximum atomic E-state index is 13.3. The Hall–Kier alpha value is -3.33. The number of hydrogen-bond acceptors (Lipinski definition) is 4. The third-order valence-electron chi connectivity index (χ3n) is 4.65. The van der Waals surface area contributed by atoms with E-state index in [0.29, 0.717) is 28.0 Å². The molecule has 148 valence electrons. The summed E-state index contributed by atoms with van der Waals surface area (Å²) in [7, 11) is 0. The fourth-order valence-electron chi connectivity index (χ4n) is 3.14. The molecule has 1 heterocycles. The van der Waals surface area contributed by atoms with Gasteiger partial charge in [0.25, 0.3) is 11.2 Å². The number of non-ortho nitro benzene ring substituents is 1. The summed E-state index contributed by atoms with van der Waals surface area (Å²) in [5, 5.41) is 11.6. The Balaban J connectivity index is 1.91. The Bertz CT molecular complexity index is 1360. The number of halogens is 1. The van der Waals surface area contributed by atoms with Crippen LogP contribution in [0.25, 0.3) is 28.7 Å². The van der Waals surface area contributed by atoms with Gasteiger partial charge in [-0.05, 0) is 71.5 Å². The van der Waals surface area contributed by atoms with Gasteiger partial charge in [-0.15, -0.1) is 0 Å². The number of nitro benzene ring substituents is 1. The molecule has 0 saturated carbocycles. The first-order chi connectivity index (χ1) is 14.4. The molecule has 1 aromatic heterocycles. The van der Waals surface area contributed by atoms with Gasteiger partial charge < -0.3 is 0 Å². The van der Waals surface area contributed by atoms with Gasteiger partial charge in [0.05, 0.1) is 21.5 Å². The van der Waals surface area contributed by atoms with Crippen molar-refractivity contribution in [3.8, 4) is 5.69 Å². The number of hydrogen-bond donors (Lipinski definition) is 0. The quantitative estimate of drug-likeness (QED) is 0.210. The lowest BCUT2D eigenvalue weighted by Crippen LogP contribution is -2.22. The highest BCUT2D eigenvalue weighted by atomic mass is 127. The lowest BCUT2D eigenvalue weighted by molar-refractivity contribution is -0.384. The standard InChI is InChI=1S/C23H16IN3O3/c1-15-5-9-18(10-6-15)26-22(12-7-16-3-2-4-19(13-16)27(29)30)25-21-11-8-17(24)14-20(21)23(26)28/h2-14H,1H3/b12-7+. The molecule has 4 rings (SSSR count). The minimum atomic E-state index is -0.435. The summed E-state index contributed by atoms with van der Waals surface area (Å²) in [5.74, 6) is 0.448. The largest absolute Gasteiger partial charge is 0.270 e. The number of aryl methyl sites for hydroxylation is 1. The molecular weight excluding hydrogens is 493 g/mol. The van der Waals surface area contributed by atoms with Crippen molar-refractivity contribution in [2.75, 3.05) is 0 Å². The Morgan fingerprint density at radius 2 is 1.80 bits per heavy atom. The summed E-state index contributed by atoms with van der Waals surface area (Å²) in [6, 6.07) is 19.5. The van der Waals surface area contributed by atoms with E-state index in [1.807, 2.05) is 49.4 Å². The van der Waals surface area contributed by atoms with Crippen molar-refractivity contribution in [2.45, 2.75) is 6.92 Å². The van der Waals surface area contributed by atoms with Crippen LogP contribution in [0.2, 0.25) is 0 Å². The van der Waals surface area contributed by atoms with Gasteiger partial charge in [-0.2, -0.15) is 0 Å².